The molecule has 200 valence electrons. The van der Waals surface area contributed by atoms with Crippen molar-refractivity contribution in [3.05, 3.63) is 112 Å². The molecule has 0 amide bonds. The number of anilines is 1. The zero-order valence-electron chi connectivity index (χ0n) is 22.4. The van der Waals surface area contributed by atoms with Gasteiger partial charge in [0.25, 0.3) is 5.56 Å². The molecule has 0 fully saturated rings. The van der Waals surface area contributed by atoms with E-state index >= 15 is 0 Å². The maximum Gasteiger partial charge on any atom is 0.264 e. The second-order valence-corrected chi connectivity index (χ2v) is 9.48. The van der Waals surface area contributed by atoms with Crippen LogP contribution in [0.5, 0.6) is 23.0 Å². The molecule has 0 atom stereocenters. The first kappa shape index (κ1) is 25.1. The molecule has 0 saturated heterocycles. The third-order valence-corrected chi connectivity index (χ3v) is 7.01. The number of nitrogens with two attached hydrogens (primary N) is 1. The van der Waals surface area contributed by atoms with E-state index in [9.17, 15) is 4.79 Å². The highest BCUT2D eigenvalue weighted by molar-refractivity contribution is 6.07. The number of hydrogen-bond donors (Lipinski definition) is 1. The Balaban J connectivity index is 1.51. The van der Waals surface area contributed by atoms with Gasteiger partial charge < -0.3 is 24.5 Å². The van der Waals surface area contributed by atoms with Gasteiger partial charge in [-0.15, -0.1) is 0 Å². The molecule has 0 spiro atoms. The zero-order valence-corrected chi connectivity index (χ0v) is 22.4. The van der Waals surface area contributed by atoms with Gasteiger partial charge in [0.2, 0.25) is 0 Å². The second-order valence-electron chi connectivity index (χ2n) is 9.48. The standard InChI is InChI=1S/C32H28N4O4/c1-20-17-28(40-23-9-5-4-6-10-23)27(39-3)18-26(20)36-31(33)29-30(34-36)24-11-7-8-12-25(24)35(32(29)37)19-21-13-15-22(38-2)16-14-21/h4-18H,19,33H2,1-3H3. The fourth-order valence-corrected chi connectivity index (χ4v) is 4.97. The lowest BCUT2D eigenvalue weighted by Gasteiger charge is -2.15. The van der Waals surface area contributed by atoms with Gasteiger partial charge >= 0.3 is 0 Å². The molecule has 2 aromatic heterocycles. The Kier molecular flexibility index (Phi) is 6.36. The Hall–Kier alpha value is -5.24. The summed E-state index contributed by atoms with van der Waals surface area (Å²) in [6.07, 6.45) is 0. The normalized spacial score (nSPS) is 11.2. The minimum absolute atomic E-state index is 0.207. The van der Waals surface area contributed by atoms with Crippen molar-refractivity contribution < 1.29 is 14.2 Å². The van der Waals surface area contributed by atoms with Crippen molar-refractivity contribution in [3.8, 4) is 28.7 Å². The molecule has 0 aliphatic rings. The van der Waals surface area contributed by atoms with E-state index < -0.39 is 0 Å². The van der Waals surface area contributed by atoms with Gasteiger partial charge in [0.15, 0.2) is 11.5 Å². The minimum atomic E-state index is -0.207. The Morgan fingerprint density at radius 2 is 1.55 bits per heavy atom. The summed E-state index contributed by atoms with van der Waals surface area (Å²) < 4.78 is 20.4. The number of rotatable bonds is 7. The molecule has 40 heavy (non-hydrogen) atoms. The molecule has 0 radical (unpaired) electrons. The summed E-state index contributed by atoms with van der Waals surface area (Å²) in [6, 6.07) is 28.6. The van der Waals surface area contributed by atoms with Crippen LogP contribution in [0.25, 0.3) is 27.5 Å². The summed E-state index contributed by atoms with van der Waals surface area (Å²) in [6.45, 7) is 2.32. The van der Waals surface area contributed by atoms with Crippen LogP contribution in [-0.4, -0.2) is 28.6 Å². The van der Waals surface area contributed by atoms with Crippen LogP contribution < -0.4 is 25.5 Å². The number of aromatic nitrogens is 3. The summed E-state index contributed by atoms with van der Waals surface area (Å²) in [5.41, 5.74) is 10.3. The van der Waals surface area contributed by atoms with E-state index in [-0.39, 0.29) is 11.4 Å². The first-order valence-corrected chi connectivity index (χ1v) is 12.8. The highest BCUT2D eigenvalue weighted by Crippen LogP contribution is 2.37. The summed E-state index contributed by atoms with van der Waals surface area (Å²) in [5.74, 6) is 2.80. The minimum Gasteiger partial charge on any atom is -0.497 e. The van der Waals surface area contributed by atoms with Gasteiger partial charge in [-0.25, -0.2) is 4.68 Å². The molecule has 0 aliphatic heterocycles. The lowest BCUT2D eigenvalue weighted by Crippen LogP contribution is -2.22. The Labute approximate surface area is 230 Å². The van der Waals surface area contributed by atoms with Crippen LogP contribution in [-0.2, 0) is 6.54 Å². The molecule has 6 rings (SSSR count). The van der Waals surface area contributed by atoms with E-state index in [1.807, 2.05) is 97.9 Å². The molecule has 4 aromatic carbocycles. The van der Waals surface area contributed by atoms with Gasteiger partial charge in [0, 0.05) is 11.5 Å². The van der Waals surface area contributed by atoms with Crippen molar-refractivity contribution in [3.63, 3.8) is 0 Å². The molecule has 0 bridgehead atoms. The van der Waals surface area contributed by atoms with E-state index in [1.54, 1.807) is 23.5 Å². The van der Waals surface area contributed by atoms with Gasteiger partial charge in [-0.2, -0.15) is 5.10 Å². The van der Waals surface area contributed by atoms with Crippen molar-refractivity contribution in [2.75, 3.05) is 20.0 Å². The van der Waals surface area contributed by atoms with Crippen molar-refractivity contribution in [2.24, 2.45) is 0 Å². The van der Waals surface area contributed by atoms with E-state index in [2.05, 4.69) is 0 Å². The van der Waals surface area contributed by atoms with Crippen LogP contribution in [0.1, 0.15) is 11.1 Å². The molecular formula is C32H28N4O4. The van der Waals surface area contributed by atoms with Crippen LogP contribution >= 0.6 is 0 Å². The van der Waals surface area contributed by atoms with Crippen molar-refractivity contribution in [2.45, 2.75) is 13.5 Å². The fraction of sp³-hybridized carbons (Fsp3) is 0.125. The van der Waals surface area contributed by atoms with Crippen LogP contribution in [0.2, 0.25) is 0 Å². The quantitative estimate of drug-likeness (QED) is 0.268. The Bertz CT molecular complexity index is 1910. The van der Waals surface area contributed by atoms with E-state index in [0.717, 1.165) is 27.8 Å². The maximum absolute atomic E-state index is 14.0. The van der Waals surface area contributed by atoms with Crippen LogP contribution in [0.3, 0.4) is 0 Å². The first-order valence-electron chi connectivity index (χ1n) is 12.8. The van der Waals surface area contributed by atoms with Crippen LogP contribution in [0.4, 0.5) is 5.82 Å². The lowest BCUT2D eigenvalue weighted by molar-refractivity contribution is 0.378. The topological polar surface area (TPSA) is 93.5 Å². The van der Waals surface area contributed by atoms with Crippen molar-refractivity contribution in [1.29, 1.82) is 0 Å². The van der Waals surface area contributed by atoms with E-state index in [4.69, 9.17) is 25.0 Å². The van der Waals surface area contributed by atoms with Gasteiger partial charge in [-0.1, -0.05) is 48.5 Å². The molecule has 2 heterocycles. The predicted octanol–water partition coefficient (Wildman–Crippen LogP) is 6.09. The lowest BCUT2D eigenvalue weighted by atomic mass is 10.1. The van der Waals surface area contributed by atoms with Crippen molar-refractivity contribution in [1.82, 2.24) is 14.3 Å². The van der Waals surface area contributed by atoms with Gasteiger partial charge in [-0.3, -0.25) is 4.79 Å². The predicted molar refractivity (Wildman–Crippen MR) is 157 cm³/mol. The highest BCUT2D eigenvalue weighted by Gasteiger charge is 2.21. The molecule has 6 aromatic rings. The van der Waals surface area contributed by atoms with Gasteiger partial charge in [0.05, 0.1) is 32.0 Å². The number of ether oxygens (including phenoxy) is 3. The third-order valence-electron chi connectivity index (χ3n) is 7.01. The number of nitrogen functional groups attached to an aromatic ring is 1. The molecule has 0 unspecified atom stereocenters. The summed E-state index contributed by atoms with van der Waals surface area (Å²) in [5, 5.41) is 6.07. The molecule has 8 nitrogen and oxygen atoms in total. The van der Waals surface area contributed by atoms with Crippen molar-refractivity contribution >= 4 is 27.6 Å². The second kappa shape index (κ2) is 10.1. The summed E-state index contributed by atoms with van der Waals surface area (Å²) in [4.78, 5) is 14.0. The van der Waals surface area contributed by atoms with E-state index in [0.29, 0.717) is 40.4 Å². The monoisotopic (exact) mass is 532 g/mol. The number of para-hydroxylation sites is 2. The highest BCUT2D eigenvalue weighted by atomic mass is 16.5. The zero-order chi connectivity index (χ0) is 27.8. The molecule has 8 heteroatoms. The smallest absolute Gasteiger partial charge is 0.264 e. The van der Waals surface area contributed by atoms with E-state index in [1.165, 1.54) is 0 Å². The van der Waals surface area contributed by atoms with Gasteiger partial charge in [-0.05, 0) is 54.4 Å². The number of nitrogens with zero attached hydrogens (tertiary/aromatic N) is 3. The molecular weight excluding hydrogens is 504 g/mol. The SMILES string of the molecule is COc1ccc(Cn2c(=O)c3c(N)n(-c4cc(OC)c(Oc5ccccc5)cc4C)nc3c3ccccc32)cc1. The van der Waals surface area contributed by atoms with Gasteiger partial charge in [0.1, 0.15) is 28.2 Å². The number of pyridine rings is 1. The first-order chi connectivity index (χ1) is 19.5. The number of methoxy groups -OCH3 is 2. The molecule has 0 saturated carbocycles. The summed E-state index contributed by atoms with van der Waals surface area (Å²) >= 11 is 0. The summed E-state index contributed by atoms with van der Waals surface area (Å²) in [7, 11) is 3.21. The maximum atomic E-state index is 14.0. The Morgan fingerprint density at radius 1 is 0.825 bits per heavy atom. The number of hydrogen-bond acceptors (Lipinski definition) is 6. The Morgan fingerprint density at radius 3 is 2.27 bits per heavy atom. The average Bonchev–Trinajstić information content (AvgIpc) is 3.33. The molecule has 0 aliphatic carbocycles. The molecule has 2 N–H and O–H groups in total. The van der Waals surface area contributed by atoms with Crippen LogP contribution in [0.15, 0.2) is 95.8 Å². The number of aryl methyl sites for hydroxylation is 1. The number of benzene rings is 4. The third kappa shape index (κ3) is 4.29. The number of fused-ring (bicyclic) bond motifs is 3. The average molecular weight is 533 g/mol. The fourth-order valence-electron chi connectivity index (χ4n) is 4.97. The van der Waals surface area contributed by atoms with Crippen LogP contribution in [0, 0.1) is 6.92 Å². The largest absolute Gasteiger partial charge is 0.497 e.